The summed E-state index contributed by atoms with van der Waals surface area (Å²) in [5, 5.41) is 126. The van der Waals surface area contributed by atoms with Crippen molar-refractivity contribution in [3.05, 3.63) is 11.6 Å². The number of carbonyl (C=O) groups excluding carboxylic acids is 2. The van der Waals surface area contributed by atoms with Crippen LogP contribution in [0.4, 0.5) is 0 Å². The second-order valence-corrected chi connectivity index (χ2v) is 23.1. The van der Waals surface area contributed by atoms with Gasteiger partial charge in [0.15, 0.2) is 25.2 Å². The first-order chi connectivity index (χ1) is 34.9. The molecule has 0 aromatic rings. The van der Waals surface area contributed by atoms with Crippen LogP contribution in [-0.2, 0) is 52.2 Å². The van der Waals surface area contributed by atoms with E-state index in [4.69, 9.17) is 42.6 Å². The first-order valence-corrected chi connectivity index (χ1v) is 26.6. The number of aliphatic hydroxyl groups is 12. The summed E-state index contributed by atoms with van der Waals surface area (Å²) in [5.74, 6) is -0.669. The lowest BCUT2D eigenvalue weighted by Gasteiger charge is -2.58. The number of fused-ring (bicyclic) bond motifs is 5. The Labute approximate surface area is 430 Å². The van der Waals surface area contributed by atoms with E-state index in [1.807, 2.05) is 6.92 Å². The Balaban J connectivity index is 0.938. The maximum Gasteiger partial charge on any atom is 0.306 e. The monoisotopic (exact) mass is 1060 g/mol. The Kier molecular flexibility index (Phi) is 18.4. The molecule has 8 aliphatic rings. The lowest BCUT2D eigenvalue weighted by Crippen LogP contribution is -2.67. The summed E-state index contributed by atoms with van der Waals surface area (Å²) in [4.78, 5) is 27.0. The van der Waals surface area contributed by atoms with E-state index in [0.29, 0.717) is 38.5 Å². The summed E-state index contributed by atoms with van der Waals surface area (Å²) in [6, 6.07) is 0. The van der Waals surface area contributed by atoms with Gasteiger partial charge >= 0.3 is 5.97 Å². The van der Waals surface area contributed by atoms with Gasteiger partial charge in [0.1, 0.15) is 97.3 Å². The van der Waals surface area contributed by atoms with Gasteiger partial charge in [-0.2, -0.15) is 0 Å². The minimum Gasteiger partial charge on any atom is -0.462 e. The average molecular weight is 1060 g/mol. The van der Waals surface area contributed by atoms with Gasteiger partial charge in [0.25, 0.3) is 0 Å². The van der Waals surface area contributed by atoms with Crippen molar-refractivity contribution in [2.75, 3.05) is 19.8 Å². The van der Waals surface area contributed by atoms with E-state index in [-0.39, 0.29) is 47.9 Å². The zero-order valence-electron chi connectivity index (χ0n) is 43.0. The third-order valence-corrected chi connectivity index (χ3v) is 18.3. The number of hydrogen-bond donors (Lipinski definition) is 12. The van der Waals surface area contributed by atoms with E-state index in [0.717, 1.165) is 12.8 Å². The molecule has 74 heavy (non-hydrogen) atoms. The summed E-state index contributed by atoms with van der Waals surface area (Å²) >= 11 is 0. The number of hydrogen-bond acceptors (Lipinski definition) is 23. The summed E-state index contributed by atoms with van der Waals surface area (Å²) in [6.07, 6.45) is -23.6. The maximum absolute atomic E-state index is 13.5. The van der Waals surface area contributed by atoms with Gasteiger partial charge in [-0.3, -0.25) is 9.59 Å². The van der Waals surface area contributed by atoms with Crippen LogP contribution in [0.25, 0.3) is 0 Å². The van der Waals surface area contributed by atoms with Gasteiger partial charge in [-0.05, 0) is 107 Å². The lowest BCUT2D eigenvalue weighted by molar-refractivity contribution is -0.393. The number of esters is 1. The average Bonchev–Trinajstić information content (AvgIpc) is 3.67. The Bertz CT molecular complexity index is 1940. The van der Waals surface area contributed by atoms with E-state index >= 15 is 0 Å². The molecule has 0 aromatic heterocycles. The minimum absolute atomic E-state index is 0.0273. The molecule has 4 heterocycles. The highest BCUT2D eigenvalue weighted by Gasteiger charge is 2.64. The molecule has 424 valence electrons. The first-order valence-electron chi connectivity index (χ1n) is 26.6. The number of ketones is 1. The number of aliphatic hydroxyl groups excluding tert-OH is 12. The molecule has 4 aliphatic heterocycles. The van der Waals surface area contributed by atoms with Crippen LogP contribution in [0.5, 0.6) is 0 Å². The van der Waals surface area contributed by atoms with Crippen LogP contribution in [0, 0.1) is 40.4 Å². The molecule has 12 N–H and O–H groups in total. The molecule has 7 fully saturated rings. The van der Waals surface area contributed by atoms with Gasteiger partial charge in [0.05, 0.1) is 44.1 Å². The summed E-state index contributed by atoms with van der Waals surface area (Å²) in [5.41, 5.74) is 0.494. The van der Waals surface area contributed by atoms with E-state index < -0.39 is 166 Å². The molecule has 8 rings (SSSR count). The first kappa shape index (κ1) is 58.2. The topological polar surface area (TPSA) is 360 Å². The number of Topliss-reactive ketones (excluding diaryl/α,β-unsaturated/α-hetero) is 1. The highest BCUT2D eigenvalue weighted by Crippen LogP contribution is 2.67. The highest BCUT2D eigenvalue weighted by atomic mass is 16.8. The predicted molar refractivity (Wildman–Crippen MR) is 250 cm³/mol. The van der Waals surface area contributed by atoms with E-state index in [1.54, 1.807) is 6.92 Å². The smallest absolute Gasteiger partial charge is 0.306 e. The molecule has 23 nitrogen and oxygen atoms in total. The van der Waals surface area contributed by atoms with Gasteiger partial charge in [-0.15, -0.1) is 0 Å². The zero-order chi connectivity index (χ0) is 53.9. The van der Waals surface area contributed by atoms with E-state index in [1.165, 1.54) is 19.4 Å². The van der Waals surface area contributed by atoms with Crippen LogP contribution in [0.1, 0.15) is 99.3 Å². The zero-order valence-corrected chi connectivity index (χ0v) is 43.0. The Morgan fingerprint density at radius 3 is 1.85 bits per heavy atom. The molecule has 0 bridgehead atoms. The highest BCUT2D eigenvalue weighted by molar-refractivity contribution is 5.81. The second kappa shape index (κ2) is 23.4. The Morgan fingerprint density at radius 1 is 0.676 bits per heavy atom. The van der Waals surface area contributed by atoms with Crippen molar-refractivity contribution < 1.29 is 113 Å². The summed E-state index contributed by atoms with van der Waals surface area (Å²) in [6.45, 7) is 9.50. The van der Waals surface area contributed by atoms with E-state index in [2.05, 4.69) is 19.9 Å². The van der Waals surface area contributed by atoms with Gasteiger partial charge < -0.3 is 104 Å². The largest absolute Gasteiger partial charge is 0.462 e. The fourth-order valence-corrected chi connectivity index (χ4v) is 13.9. The van der Waals surface area contributed by atoms with Crippen molar-refractivity contribution in [2.45, 2.75) is 234 Å². The quantitative estimate of drug-likeness (QED) is 0.0576. The van der Waals surface area contributed by atoms with Gasteiger partial charge in [0.2, 0.25) is 0 Å². The number of rotatable bonds is 16. The fourth-order valence-electron chi connectivity index (χ4n) is 13.9. The van der Waals surface area contributed by atoms with Crippen molar-refractivity contribution in [3.8, 4) is 0 Å². The maximum atomic E-state index is 13.5. The van der Waals surface area contributed by atoms with E-state index in [9.17, 15) is 70.9 Å². The van der Waals surface area contributed by atoms with Crippen molar-refractivity contribution in [1.82, 2.24) is 0 Å². The normalized spacial score (nSPS) is 51.0. The molecule has 23 heteroatoms. The minimum atomic E-state index is -1.79. The predicted octanol–water partition coefficient (Wildman–Crippen LogP) is -2.20. The summed E-state index contributed by atoms with van der Waals surface area (Å²) < 4.78 is 54.1. The molecule has 4 saturated heterocycles. The fraction of sp³-hybridized carbons (Fsp3) is 0.922. The lowest BCUT2D eigenvalue weighted by atomic mass is 9.47. The van der Waals surface area contributed by atoms with Crippen molar-refractivity contribution in [2.24, 2.45) is 40.4 Å². The van der Waals surface area contributed by atoms with Crippen molar-refractivity contribution in [3.63, 3.8) is 0 Å². The number of carbonyl (C=O) groups is 2. The molecule has 4 aliphatic carbocycles. The van der Waals surface area contributed by atoms with Crippen LogP contribution in [0.2, 0.25) is 0 Å². The molecular formula is C51H82O23. The standard InChI is InChI=1S/C51H82O23/c1-20(19-66-46-41(63)40(62)36(58)30(17-52)71-46)7-10-32(55)70-29-16-28-26-9-8-24-15-25(11-13-50(24,5)27(26)12-14-51(28,6)33(29)21(2)54)69-49-45(74-48-43(65)39(61)35(57)23(4)68-48)44(37(59)31(18-53)72-49)73-47-42(64)38(60)34(56)22(3)67-47/h8,20,22-23,25-31,33-49,52-53,56-65H,7,9-19H2,1-6H3/t20-,22-,23-,25-,26+,27-,28-,29-,30+,31+,33-,34-,35-,36+,37+,38+,39+,40-,41+,42+,43+,44-,45+,46+,47-,48-,49+,50-,51-/m0/s1. The van der Waals surface area contributed by atoms with Crippen molar-refractivity contribution in [1.29, 1.82) is 0 Å². The molecule has 0 amide bonds. The van der Waals surface area contributed by atoms with Gasteiger partial charge in [0, 0.05) is 6.42 Å². The third-order valence-electron chi connectivity index (χ3n) is 18.3. The van der Waals surface area contributed by atoms with Crippen molar-refractivity contribution >= 4 is 11.8 Å². The molecular weight excluding hydrogens is 981 g/mol. The third kappa shape index (κ3) is 11.2. The molecule has 29 atom stereocenters. The van der Waals surface area contributed by atoms with Gasteiger partial charge in [-0.1, -0.05) is 32.4 Å². The Hall–Kier alpha value is -1.92. The summed E-state index contributed by atoms with van der Waals surface area (Å²) in [7, 11) is 0. The van der Waals surface area contributed by atoms with Crippen LogP contribution in [0.3, 0.4) is 0 Å². The number of allylic oxidation sites excluding steroid dienone is 1. The van der Waals surface area contributed by atoms with Crippen LogP contribution >= 0.6 is 0 Å². The molecule has 0 aromatic carbocycles. The second-order valence-electron chi connectivity index (χ2n) is 23.1. The van der Waals surface area contributed by atoms with Crippen LogP contribution in [0.15, 0.2) is 11.6 Å². The molecule has 0 unspecified atom stereocenters. The van der Waals surface area contributed by atoms with Crippen LogP contribution < -0.4 is 0 Å². The van der Waals surface area contributed by atoms with Gasteiger partial charge in [-0.25, -0.2) is 0 Å². The number of ether oxygens (including phenoxy) is 9. The van der Waals surface area contributed by atoms with Crippen LogP contribution in [-0.4, -0.2) is 228 Å². The molecule has 3 saturated carbocycles. The Morgan fingerprint density at radius 2 is 1.24 bits per heavy atom. The SMILES string of the molecule is CC(=O)[C@H]1[C@@H](OC(=O)CC[C@H](C)CO[C@@H]2O[C@H](CO)[C@@H](O)[C@H](O)[C@H]2O)C[C@H]2[C@@H]3CC=C4C[C@@H](O[C@@H]5O[C@H](CO)[C@@H](O)[C@H](O[C@@H]6O[C@@H](C)[C@H](O)[C@@H](O)[C@H]6O)[C@H]5O[C@@H]5O[C@@H](C)[C@H](O)[C@@H](O)[C@H]5O)CC[C@]4(C)[C@H]3CC[C@@]21C. The molecule has 0 radical (unpaired) electrons. The molecule has 0 spiro atoms.